The molecule has 0 fully saturated rings. The Labute approximate surface area is 128 Å². The van der Waals surface area contributed by atoms with Gasteiger partial charge in [0.1, 0.15) is 5.15 Å². The first kappa shape index (κ1) is 15.1. The molecule has 1 aromatic heterocycles. The van der Waals surface area contributed by atoms with Gasteiger partial charge in [0.15, 0.2) is 0 Å². The number of aryl methyl sites for hydroxylation is 1. The zero-order chi connectivity index (χ0) is 15.6. The van der Waals surface area contributed by atoms with Crippen molar-refractivity contribution in [3.8, 4) is 0 Å². The maximum absolute atomic E-state index is 12.4. The van der Waals surface area contributed by atoms with Crippen molar-refractivity contribution in [3.05, 3.63) is 46.7 Å². The Kier molecular flexibility index (Phi) is 4.33. The number of hydrogen-bond acceptors (Lipinski definition) is 4. The van der Waals surface area contributed by atoms with E-state index in [1.54, 1.807) is 18.2 Å². The number of benzene rings is 1. The molecule has 0 spiro atoms. The summed E-state index contributed by atoms with van der Waals surface area (Å²) in [6.07, 6.45) is 1.52. The van der Waals surface area contributed by atoms with E-state index in [4.69, 9.17) is 17.3 Å². The number of aromatic nitrogens is 1. The summed E-state index contributed by atoms with van der Waals surface area (Å²) in [6, 6.07) is 7.01. The highest BCUT2D eigenvalue weighted by Gasteiger charge is 2.14. The normalized spacial score (nSPS) is 10.3. The van der Waals surface area contributed by atoms with Crippen molar-refractivity contribution in [1.82, 2.24) is 4.98 Å². The van der Waals surface area contributed by atoms with Crippen molar-refractivity contribution in [2.24, 2.45) is 0 Å². The van der Waals surface area contributed by atoms with Crippen LogP contribution < -0.4 is 16.0 Å². The molecular formula is C15H17ClN4O. The van der Waals surface area contributed by atoms with Gasteiger partial charge in [-0.2, -0.15) is 0 Å². The Morgan fingerprint density at radius 3 is 2.67 bits per heavy atom. The van der Waals surface area contributed by atoms with Gasteiger partial charge < -0.3 is 16.0 Å². The number of nitrogens with zero attached hydrogens (tertiary/aromatic N) is 2. The number of hydrogen-bond donors (Lipinski definition) is 2. The van der Waals surface area contributed by atoms with E-state index < -0.39 is 0 Å². The first-order chi connectivity index (χ1) is 9.88. The minimum absolute atomic E-state index is 0.241. The summed E-state index contributed by atoms with van der Waals surface area (Å²) in [5, 5.41) is 3.23. The van der Waals surface area contributed by atoms with Crippen LogP contribution in [-0.4, -0.2) is 25.0 Å². The molecule has 21 heavy (non-hydrogen) atoms. The number of nitrogens with two attached hydrogens (primary N) is 1. The third-order valence-electron chi connectivity index (χ3n) is 3.02. The quantitative estimate of drug-likeness (QED) is 0.675. The summed E-state index contributed by atoms with van der Waals surface area (Å²) in [4.78, 5) is 18.3. The summed E-state index contributed by atoms with van der Waals surface area (Å²) in [6.45, 7) is 1.83. The highest BCUT2D eigenvalue weighted by atomic mass is 35.5. The summed E-state index contributed by atoms with van der Waals surface area (Å²) in [7, 11) is 3.74. The van der Waals surface area contributed by atoms with E-state index >= 15 is 0 Å². The molecule has 1 aromatic carbocycles. The van der Waals surface area contributed by atoms with Crippen LogP contribution in [0.3, 0.4) is 0 Å². The van der Waals surface area contributed by atoms with Gasteiger partial charge in [0, 0.05) is 25.5 Å². The van der Waals surface area contributed by atoms with E-state index in [9.17, 15) is 4.79 Å². The van der Waals surface area contributed by atoms with E-state index in [-0.39, 0.29) is 5.91 Å². The molecule has 0 saturated heterocycles. The highest BCUT2D eigenvalue weighted by Crippen LogP contribution is 2.23. The molecule has 3 N–H and O–H groups in total. The van der Waals surface area contributed by atoms with Crippen LogP contribution in [0.25, 0.3) is 0 Å². The summed E-state index contributed by atoms with van der Waals surface area (Å²) in [5.74, 6) is -0.241. The topological polar surface area (TPSA) is 71.2 Å². The second-order valence-corrected chi connectivity index (χ2v) is 5.31. The number of nitrogen functional groups attached to an aromatic ring is 1. The first-order valence-corrected chi connectivity index (χ1v) is 6.76. The molecule has 0 aliphatic heterocycles. The maximum atomic E-state index is 12.4. The van der Waals surface area contributed by atoms with Gasteiger partial charge in [0.2, 0.25) is 0 Å². The number of carbonyl (C=O) groups excluding carboxylic acids is 1. The lowest BCUT2D eigenvalue weighted by Crippen LogP contribution is -2.19. The lowest BCUT2D eigenvalue weighted by atomic mass is 10.1. The maximum Gasteiger partial charge on any atom is 0.257 e. The number of nitrogens with one attached hydrogen (secondary N) is 1. The van der Waals surface area contributed by atoms with E-state index in [0.717, 1.165) is 11.3 Å². The Morgan fingerprint density at radius 2 is 2.05 bits per heavy atom. The third kappa shape index (κ3) is 3.44. The molecule has 2 aromatic rings. The number of pyridine rings is 1. The zero-order valence-electron chi connectivity index (χ0n) is 12.1. The molecule has 110 valence electrons. The van der Waals surface area contributed by atoms with Gasteiger partial charge in [0.05, 0.1) is 17.4 Å². The SMILES string of the molecule is Cc1cc(NC(=O)c2cc(N)ccc2N(C)C)cnc1Cl. The van der Waals surface area contributed by atoms with Crippen LogP contribution in [0, 0.1) is 6.92 Å². The van der Waals surface area contributed by atoms with Gasteiger partial charge in [-0.3, -0.25) is 4.79 Å². The predicted octanol–water partition coefficient (Wildman–Crippen LogP) is 2.94. The van der Waals surface area contributed by atoms with E-state index in [1.807, 2.05) is 32.0 Å². The molecule has 1 amide bonds. The molecule has 0 aliphatic carbocycles. The molecule has 6 heteroatoms. The summed E-state index contributed by atoms with van der Waals surface area (Å²) in [5.41, 5.74) is 9.00. The van der Waals surface area contributed by atoms with Crippen LogP contribution in [0.15, 0.2) is 30.5 Å². The molecule has 0 bridgehead atoms. The Morgan fingerprint density at radius 1 is 1.33 bits per heavy atom. The van der Waals surface area contributed by atoms with Gasteiger partial charge >= 0.3 is 0 Å². The van der Waals surface area contributed by atoms with Crippen molar-refractivity contribution in [2.75, 3.05) is 30.0 Å². The lowest BCUT2D eigenvalue weighted by molar-refractivity contribution is 0.102. The third-order valence-corrected chi connectivity index (χ3v) is 3.41. The van der Waals surface area contributed by atoms with Crippen molar-refractivity contribution in [3.63, 3.8) is 0 Å². The molecule has 0 radical (unpaired) electrons. The van der Waals surface area contributed by atoms with Crippen LogP contribution >= 0.6 is 11.6 Å². The average molecular weight is 305 g/mol. The summed E-state index contributed by atoms with van der Waals surface area (Å²) < 4.78 is 0. The molecule has 0 saturated carbocycles. The molecule has 5 nitrogen and oxygen atoms in total. The van der Waals surface area contributed by atoms with E-state index in [1.165, 1.54) is 6.20 Å². The van der Waals surface area contributed by atoms with Gasteiger partial charge in [-0.05, 0) is 36.8 Å². The van der Waals surface area contributed by atoms with E-state index in [0.29, 0.717) is 22.1 Å². The van der Waals surface area contributed by atoms with Gasteiger partial charge in [0.25, 0.3) is 5.91 Å². The molecular weight excluding hydrogens is 288 g/mol. The largest absolute Gasteiger partial charge is 0.399 e. The molecule has 1 heterocycles. The second kappa shape index (κ2) is 6.01. The van der Waals surface area contributed by atoms with Crippen molar-refractivity contribution < 1.29 is 4.79 Å². The number of amides is 1. The Hall–Kier alpha value is -2.27. The standard InChI is InChI=1S/C15H17ClN4O/c1-9-6-11(8-18-14(9)16)19-15(21)12-7-10(17)4-5-13(12)20(2)3/h4-8H,17H2,1-3H3,(H,19,21). The molecule has 2 rings (SSSR count). The fourth-order valence-corrected chi connectivity index (χ4v) is 2.05. The molecule has 0 aliphatic rings. The minimum Gasteiger partial charge on any atom is -0.399 e. The summed E-state index contributed by atoms with van der Waals surface area (Å²) >= 11 is 5.87. The predicted molar refractivity (Wildman–Crippen MR) is 87.1 cm³/mol. The minimum atomic E-state index is -0.241. The lowest BCUT2D eigenvalue weighted by Gasteiger charge is -2.17. The smallest absolute Gasteiger partial charge is 0.257 e. The van der Waals surface area contributed by atoms with Gasteiger partial charge in [-0.1, -0.05) is 11.6 Å². The van der Waals surface area contributed by atoms with Crippen LogP contribution in [-0.2, 0) is 0 Å². The van der Waals surface area contributed by atoms with E-state index in [2.05, 4.69) is 10.3 Å². The monoisotopic (exact) mass is 304 g/mol. The average Bonchev–Trinajstić information content (AvgIpc) is 2.42. The van der Waals surface area contributed by atoms with Gasteiger partial charge in [-0.25, -0.2) is 4.98 Å². The highest BCUT2D eigenvalue weighted by molar-refractivity contribution is 6.30. The first-order valence-electron chi connectivity index (χ1n) is 6.39. The fraction of sp³-hybridized carbons (Fsp3) is 0.200. The number of rotatable bonds is 3. The van der Waals surface area contributed by atoms with Crippen LogP contribution in [0.2, 0.25) is 5.15 Å². The van der Waals surface area contributed by atoms with Crippen molar-refractivity contribution in [2.45, 2.75) is 6.92 Å². The second-order valence-electron chi connectivity index (χ2n) is 4.96. The fourth-order valence-electron chi connectivity index (χ4n) is 1.95. The van der Waals surface area contributed by atoms with Crippen LogP contribution in [0.5, 0.6) is 0 Å². The van der Waals surface area contributed by atoms with Crippen molar-refractivity contribution >= 4 is 34.6 Å². The van der Waals surface area contributed by atoms with Gasteiger partial charge in [-0.15, -0.1) is 0 Å². The van der Waals surface area contributed by atoms with Crippen LogP contribution in [0.4, 0.5) is 17.1 Å². The number of anilines is 3. The number of halogens is 1. The zero-order valence-corrected chi connectivity index (χ0v) is 12.9. The van der Waals surface area contributed by atoms with Crippen LogP contribution in [0.1, 0.15) is 15.9 Å². The van der Waals surface area contributed by atoms with Crippen molar-refractivity contribution in [1.29, 1.82) is 0 Å². The Bertz CT molecular complexity index is 685. The number of carbonyl (C=O) groups is 1. The molecule has 0 atom stereocenters. The molecule has 0 unspecified atom stereocenters. The Balaban J connectivity index is 2.31.